The van der Waals surface area contributed by atoms with Crippen molar-refractivity contribution in [2.45, 2.75) is 166 Å². The van der Waals surface area contributed by atoms with Gasteiger partial charge in [0.15, 0.2) is 5.65 Å². The van der Waals surface area contributed by atoms with E-state index in [1.807, 2.05) is 324 Å². The third-order valence-corrected chi connectivity index (χ3v) is 8.54. The van der Waals surface area contributed by atoms with Crippen molar-refractivity contribution in [1.82, 2.24) is 49.8 Å². The summed E-state index contributed by atoms with van der Waals surface area (Å²) in [4.78, 5) is 41.1. The van der Waals surface area contributed by atoms with Gasteiger partial charge in [0.25, 0.3) is 0 Å². The van der Waals surface area contributed by atoms with Crippen molar-refractivity contribution in [3.05, 3.63) is 232 Å². The van der Waals surface area contributed by atoms with Crippen LogP contribution >= 0.6 is 0 Å². The molecular formula is C74H110N10. The molecule has 0 fully saturated rings. The predicted molar refractivity (Wildman–Crippen MR) is 378 cm³/mol. The molecule has 0 bridgehead atoms. The molecule has 10 aromatic heterocycles. The average Bonchev–Trinajstić information content (AvgIpc) is 3.68. The SMILES string of the molecule is CC.CC.CC.CC.CC.CC.CC.CC.CC.CC.CC.CC.c1ccc2ncccc2c1.c1ccc2ncccc2c1.c1cnc2cccnc2c1.c1cnc2cccnc2c1.c1cnc2ccncc2c1.c1cnc2ncccc2c1. The van der Waals surface area contributed by atoms with Crippen LogP contribution in [0.3, 0.4) is 0 Å². The highest BCUT2D eigenvalue weighted by Gasteiger charge is 1.92. The number of benzene rings is 2. The van der Waals surface area contributed by atoms with Crippen LogP contribution in [0.2, 0.25) is 0 Å². The van der Waals surface area contributed by atoms with Crippen LogP contribution in [0.5, 0.6) is 0 Å². The van der Waals surface area contributed by atoms with Gasteiger partial charge in [0.05, 0.1) is 38.6 Å². The minimum absolute atomic E-state index is 0.810. The van der Waals surface area contributed by atoms with Gasteiger partial charge in [-0.25, -0.2) is 9.97 Å². The van der Waals surface area contributed by atoms with Gasteiger partial charge < -0.3 is 0 Å². The number of fused-ring (bicyclic) bond motifs is 6. The molecule has 0 saturated carbocycles. The molecule has 456 valence electrons. The zero-order valence-electron chi connectivity index (χ0n) is 56.4. The number of pyridine rings is 10. The summed E-state index contributed by atoms with van der Waals surface area (Å²) in [5.74, 6) is 0. The van der Waals surface area contributed by atoms with Crippen molar-refractivity contribution in [3.8, 4) is 0 Å². The first-order valence-corrected chi connectivity index (χ1v) is 31.0. The zero-order valence-corrected chi connectivity index (χ0v) is 56.4. The Morgan fingerprint density at radius 1 is 0.167 bits per heavy atom. The van der Waals surface area contributed by atoms with Gasteiger partial charge in [-0.3, -0.25) is 39.9 Å². The Bertz CT molecular complexity index is 2220. The maximum Gasteiger partial charge on any atom is 0.159 e. The lowest BCUT2D eigenvalue weighted by molar-refractivity contribution is 1.29. The fraction of sp³-hybridized carbons (Fsp3) is 0.324. The second-order valence-corrected chi connectivity index (χ2v) is 12.6. The molecule has 10 heteroatoms. The van der Waals surface area contributed by atoms with E-state index in [9.17, 15) is 0 Å². The molecule has 0 atom stereocenters. The number of para-hydroxylation sites is 2. The summed E-state index contributed by atoms with van der Waals surface area (Å²) >= 11 is 0. The summed E-state index contributed by atoms with van der Waals surface area (Å²) < 4.78 is 0. The van der Waals surface area contributed by atoms with Crippen molar-refractivity contribution in [1.29, 1.82) is 0 Å². The van der Waals surface area contributed by atoms with Gasteiger partial charge in [-0.1, -0.05) is 215 Å². The zero-order chi connectivity index (χ0) is 64.9. The van der Waals surface area contributed by atoms with E-state index >= 15 is 0 Å². The molecule has 12 rings (SSSR count). The molecule has 0 spiro atoms. The fourth-order valence-corrected chi connectivity index (χ4v) is 5.66. The van der Waals surface area contributed by atoms with Crippen LogP contribution in [-0.4, -0.2) is 49.8 Å². The molecule has 0 aliphatic carbocycles. The molecule has 10 heterocycles. The minimum Gasteiger partial charge on any atom is -0.264 e. The van der Waals surface area contributed by atoms with E-state index in [2.05, 4.69) is 74.1 Å². The Kier molecular flexibility index (Phi) is 72.9. The van der Waals surface area contributed by atoms with Crippen molar-refractivity contribution in [2.75, 3.05) is 0 Å². The molecule has 0 amide bonds. The molecule has 0 aliphatic heterocycles. The maximum atomic E-state index is 4.18. The number of hydrogen-bond donors (Lipinski definition) is 0. The van der Waals surface area contributed by atoms with E-state index in [1.165, 1.54) is 10.8 Å². The third-order valence-electron chi connectivity index (χ3n) is 8.54. The Morgan fingerprint density at radius 3 is 0.643 bits per heavy atom. The first kappa shape index (κ1) is 86.8. The predicted octanol–water partition coefficient (Wildman–Crippen LogP) is 23.3. The van der Waals surface area contributed by atoms with Crippen molar-refractivity contribution < 1.29 is 0 Å². The average molecular weight is 1140 g/mol. The lowest BCUT2D eigenvalue weighted by Crippen LogP contribution is -1.78. The monoisotopic (exact) mass is 1140 g/mol. The summed E-state index contributed by atoms with van der Waals surface area (Å²) in [7, 11) is 0. The van der Waals surface area contributed by atoms with Gasteiger partial charge in [-0.05, 0) is 115 Å². The van der Waals surface area contributed by atoms with Gasteiger partial charge in [-0.15, -0.1) is 0 Å². The summed E-state index contributed by atoms with van der Waals surface area (Å²) in [6.07, 6.45) is 19.5. The van der Waals surface area contributed by atoms with E-state index in [-0.39, 0.29) is 0 Å². The smallest absolute Gasteiger partial charge is 0.159 e. The molecule has 0 N–H and O–H groups in total. The lowest BCUT2D eigenvalue weighted by atomic mass is 10.2. The van der Waals surface area contributed by atoms with Crippen LogP contribution in [0.4, 0.5) is 0 Å². The first-order valence-electron chi connectivity index (χ1n) is 31.0. The Labute approximate surface area is 511 Å². The highest BCUT2D eigenvalue weighted by molar-refractivity contribution is 5.79. The largest absolute Gasteiger partial charge is 0.264 e. The van der Waals surface area contributed by atoms with Crippen LogP contribution in [0.1, 0.15) is 166 Å². The number of aromatic nitrogens is 10. The van der Waals surface area contributed by atoms with Crippen molar-refractivity contribution >= 4 is 65.8 Å². The molecule has 10 nitrogen and oxygen atoms in total. The molecular weight excluding hydrogens is 1030 g/mol. The van der Waals surface area contributed by atoms with E-state index in [0.29, 0.717) is 0 Å². The summed E-state index contributed by atoms with van der Waals surface area (Å²) in [5, 5.41) is 4.57. The quantitative estimate of drug-likeness (QED) is 0.145. The van der Waals surface area contributed by atoms with Gasteiger partial charge >= 0.3 is 0 Å². The first-order chi connectivity index (χ1) is 41.8. The van der Waals surface area contributed by atoms with Crippen molar-refractivity contribution in [3.63, 3.8) is 0 Å². The van der Waals surface area contributed by atoms with Gasteiger partial charge in [0, 0.05) is 89.7 Å². The van der Waals surface area contributed by atoms with Crippen LogP contribution in [0, 0.1) is 0 Å². The highest BCUT2D eigenvalue weighted by atomic mass is 14.8. The second kappa shape index (κ2) is 70.6. The van der Waals surface area contributed by atoms with Crippen LogP contribution in [0.25, 0.3) is 65.8 Å². The Morgan fingerprint density at radius 2 is 0.369 bits per heavy atom. The highest BCUT2D eigenvalue weighted by Crippen LogP contribution is 2.10. The summed E-state index contributed by atoms with van der Waals surface area (Å²) in [6, 6.07) is 53.1. The molecule has 0 radical (unpaired) electrons. The van der Waals surface area contributed by atoms with Gasteiger partial charge in [-0.2, -0.15) is 0 Å². The van der Waals surface area contributed by atoms with Crippen LogP contribution in [0.15, 0.2) is 232 Å². The molecule has 0 unspecified atom stereocenters. The van der Waals surface area contributed by atoms with Gasteiger partial charge in [0.2, 0.25) is 0 Å². The minimum atomic E-state index is 0.810. The lowest BCUT2D eigenvalue weighted by Gasteiger charge is -1.91. The number of nitrogens with zero attached hydrogens (tertiary/aromatic N) is 10. The van der Waals surface area contributed by atoms with Crippen molar-refractivity contribution in [2.24, 2.45) is 0 Å². The Hall–Kier alpha value is -8.50. The molecule has 0 saturated heterocycles. The van der Waals surface area contributed by atoms with E-state index < -0.39 is 0 Å². The van der Waals surface area contributed by atoms with E-state index in [0.717, 1.165) is 55.0 Å². The van der Waals surface area contributed by atoms with Crippen LogP contribution in [-0.2, 0) is 0 Å². The number of hydrogen-bond acceptors (Lipinski definition) is 10. The van der Waals surface area contributed by atoms with Gasteiger partial charge in [0.1, 0.15) is 0 Å². The molecule has 2 aromatic carbocycles. The van der Waals surface area contributed by atoms with E-state index in [4.69, 9.17) is 0 Å². The topological polar surface area (TPSA) is 129 Å². The van der Waals surface area contributed by atoms with E-state index in [1.54, 1.807) is 49.6 Å². The Balaban J connectivity index is -0.000000202. The third kappa shape index (κ3) is 39.0. The number of rotatable bonds is 0. The normalized spacial score (nSPS) is 8.00. The maximum absolute atomic E-state index is 4.18. The second-order valence-electron chi connectivity index (χ2n) is 12.6. The summed E-state index contributed by atoms with van der Waals surface area (Å²) in [6.45, 7) is 48.0. The molecule has 12 aromatic rings. The molecule has 84 heavy (non-hydrogen) atoms. The standard InChI is InChI=1S/2C9H7N.4C8H6N2.12C2H6/c2*1-2-6-9-8(4-1)5-3-7-10-9;2*1-3-7-8(9-5-1)4-2-6-10-7;1-3-7-4-2-6-10-8(7)9-5-1;1-2-7-6-9-5-3-8(7)10-4-1;12*1-2/h2*1-7H;4*1-6H;12*1-2H3. The molecule has 0 aliphatic rings. The van der Waals surface area contributed by atoms with Crippen LogP contribution < -0.4 is 0 Å². The fourth-order valence-electron chi connectivity index (χ4n) is 5.66. The summed E-state index contributed by atoms with van der Waals surface area (Å²) in [5.41, 5.74) is 7.72.